The molecule has 0 saturated heterocycles. The van der Waals surface area contributed by atoms with Crippen LogP contribution in [0.3, 0.4) is 0 Å². The summed E-state index contributed by atoms with van der Waals surface area (Å²) in [7, 11) is 0. The monoisotopic (exact) mass is 415 g/mol. The maximum Gasteiger partial charge on any atom is 0.321 e. The molecule has 1 unspecified atom stereocenters. The molecular weight excluding hydrogens is 382 g/mol. The van der Waals surface area contributed by atoms with E-state index in [9.17, 15) is 15.0 Å². The van der Waals surface area contributed by atoms with Gasteiger partial charge in [0, 0.05) is 4.90 Å². The van der Waals surface area contributed by atoms with Crippen LogP contribution in [0.25, 0.3) is 0 Å². The van der Waals surface area contributed by atoms with Gasteiger partial charge in [0.25, 0.3) is 0 Å². The van der Waals surface area contributed by atoms with E-state index < -0.39 is 18.1 Å². The summed E-state index contributed by atoms with van der Waals surface area (Å²) in [6, 6.07) is 15.9. The lowest BCUT2D eigenvalue weighted by Gasteiger charge is -2.17. The minimum atomic E-state index is -0.831. The molecule has 0 radical (unpaired) electrons. The number of carboxylic acids is 1. The molecule has 4 nitrogen and oxygen atoms in total. The zero-order valence-electron chi connectivity index (χ0n) is 17.6. The topological polar surface area (TPSA) is 69.6 Å². The van der Waals surface area contributed by atoms with E-state index in [1.165, 1.54) is 23.1 Å². The Morgan fingerprint density at radius 2 is 1.59 bits per heavy atom. The van der Waals surface area contributed by atoms with Crippen LogP contribution in [0, 0.1) is 5.92 Å². The average molecular weight is 416 g/mol. The predicted molar refractivity (Wildman–Crippen MR) is 120 cm³/mol. The first-order valence-corrected chi connectivity index (χ1v) is 11.2. The Hall–Kier alpha value is -1.82. The number of hydrogen-bond acceptors (Lipinski definition) is 4. The molecule has 5 heteroatoms. The molecule has 2 aromatic rings. The highest BCUT2D eigenvalue weighted by Gasteiger charge is 2.20. The van der Waals surface area contributed by atoms with Crippen molar-refractivity contribution in [3.05, 3.63) is 65.2 Å². The van der Waals surface area contributed by atoms with Crippen molar-refractivity contribution in [1.82, 2.24) is 4.72 Å². The van der Waals surface area contributed by atoms with Crippen molar-refractivity contribution in [3.63, 3.8) is 0 Å². The zero-order valence-corrected chi connectivity index (χ0v) is 18.4. The maximum absolute atomic E-state index is 11.2. The number of benzene rings is 2. The molecule has 2 aromatic carbocycles. The number of carbonyl (C=O) groups is 1. The van der Waals surface area contributed by atoms with E-state index in [-0.39, 0.29) is 5.92 Å². The van der Waals surface area contributed by atoms with Gasteiger partial charge in [-0.2, -0.15) is 0 Å². The molecule has 0 spiro atoms. The standard InChI is InChI=1S/C24H33NO3S/c1-4-6-18-9-13-20(14-10-18)22(26)8-5-7-19-11-15-21(16-12-19)29-25-23(17(2)3)24(27)28/h9-17,22-23,25-26H,4-8H2,1-3H3,(H,27,28)/t22?,23-/m1/s1. The number of aliphatic hydroxyl groups is 1. The maximum atomic E-state index is 11.2. The van der Waals surface area contributed by atoms with E-state index >= 15 is 0 Å². The van der Waals surface area contributed by atoms with E-state index in [1.807, 2.05) is 38.1 Å². The van der Waals surface area contributed by atoms with E-state index in [2.05, 4.69) is 35.9 Å². The molecule has 0 aliphatic rings. The SMILES string of the molecule is CCCc1ccc(C(O)CCCc2ccc(SN[C@@H](C(=O)O)C(C)C)cc2)cc1. The largest absolute Gasteiger partial charge is 0.480 e. The average Bonchev–Trinajstić information content (AvgIpc) is 2.69. The Kier molecular flexibility index (Phi) is 9.71. The Morgan fingerprint density at radius 1 is 1.00 bits per heavy atom. The zero-order chi connectivity index (χ0) is 21.2. The molecule has 0 aliphatic carbocycles. The first-order valence-electron chi connectivity index (χ1n) is 10.4. The lowest BCUT2D eigenvalue weighted by molar-refractivity contribution is -0.139. The summed E-state index contributed by atoms with van der Waals surface area (Å²) in [4.78, 5) is 12.2. The van der Waals surface area contributed by atoms with E-state index in [4.69, 9.17) is 0 Å². The molecule has 29 heavy (non-hydrogen) atoms. The van der Waals surface area contributed by atoms with Crippen molar-refractivity contribution in [3.8, 4) is 0 Å². The number of aryl methyl sites for hydroxylation is 2. The van der Waals surface area contributed by atoms with Crippen molar-refractivity contribution in [2.75, 3.05) is 0 Å². The molecule has 0 fully saturated rings. The minimum absolute atomic E-state index is 0.0218. The van der Waals surface area contributed by atoms with Gasteiger partial charge in [-0.05, 0) is 72.4 Å². The van der Waals surface area contributed by atoms with Crippen molar-refractivity contribution in [1.29, 1.82) is 0 Å². The highest BCUT2D eigenvalue weighted by Crippen LogP contribution is 2.22. The van der Waals surface area contributed by atoms with Gasteiger partial charge in [0.05, 0.1) is 6.10 Å². The van der Waals surface area contributed by atoms with Crippen LogP contribution in [0.15, 0.2) is 53.4 Å². The molecule has 0 heterocycles. The molecule has 0 aromatic heterocycles. The van der Waals surface area contributed by atoms with Crippen LogP contribution in [0.4, 0.5) is 0 Å². The molecular formula is C24H33NO3S. The fourth-order valence-corrected chi connectivity index (χ4v) is 4.10. The lowest BCUT2D eigenvalue weighted by Crippen LogP contribution is -2.36. The Labute approximate surface area is 178 Å². The van der Waals surface area contributed by atoms with Crippen LogP contribution in [0.1, 0.15) is 62.8 Å². The van der Waals surface area contributed by atoms with E-state index in [0.717, 1.165) is 42.6 Å². The third-order valence-corrected chi connectivity index (χ3v) is 5.89. The summed E-state index contributed by atoms with van der Waals surface area (Å²) in [6.45, 7) is 5.95. The van der Waals surface area contributed by atoms with Gasteiger partial charge in [-0.25, -0.2) is 4.72 Å². The third kappa shape index (κ3) is 7.84. The van der Waals surface area contributed by atoms with Gasteiger partial charge >= 0.3 is 5.97 Å². The van der Waals surface area contributed by atoms with Crippen LogP contribution in [0.2, 0.25) is 0 Å². The van der Waals surface area contributed by atoms with Crippen LogP contribution in [-0.4, -0.2) is 22.2 Å². The molecule has 0 saturated carbocycles. The summed E-state index contributed by atoms with van der Waals surface area (Å²) in [5.74, 6) is -0.809. The minimum Gasteiger partial charge on any atom is -0.480 e. The molecule has 0 aliphatic heterocycles. The molecule has 2 rings (SSSR count). The summed E-state index contributed by atoms with van der Waals surface area (Å²) in [6.07, 6.45) is 4.35. The van der Waals surface area contributed by atoms with Crippen LogP contribution in [0.5, 0.6) is 0 Å². The van der Waals surface area contributed by atoms with Crippen molar-refractivity contribution < 1.29 is 15.0 Å². The Balaban J connectivity index is 1.77. The van der Waals surface area contributed by atoms with Crippen LogP contribution in [-0.2, 0) is 17.6 Å². The lowest BCUT2D eigenvalue weighted by atomic mass is 9.99. The van der Waals surface area contributed by atoms with Gasteiger partial charge in [0.1, 0.15) is 6.04 Å². The van der Waals surface area contributed by atoms with E-state index in [0.29, 0.717) is 0 Å². The number of nitrogens with one attached hydrogen (secondary N) is 1. The first-order chi connectivity index (χ1) is 13.9. The molecule has 3 N–H and O–H groups in total. The van der Waals surface area contributed by atoms with Gasteiger partial charge in [0.2, 0.25) is 0 Å². The second kappa shape index (κ2) is 12.0. The third-order valence-electron chi connectivity index (χ3n) is 5.01. The number of aliphatic hydroxyl groups excluding tert-OH is 1. The highest BCUT2D eigenvalue weighted by atomic mass is 32.2. The quantitative estimate of drug-likeness (QED) is 0.405. The second-order valence-corrected chi connectivity index (χ2v) is 8.73. The molecule has 158 valence electrons. The van der Waals surface area contributed by atoms with Gasteiger partial charge in [-0.15, -0.1) is 0 Å². The molecule has 0 amide bonds. The molecule has 0 bridgehead atoms. The number of carboxylic acid groups (broad SMARTS) is 1. The predicted octanol–water partition coefficient (Wildman–Crippen LogP) is 5.40. The normalized spacial score (nSPS) is 13.4. The van der Waals surface area contributed by atoms with Gasteiger partial charge in [-0.3, -0.25) is 4.79 Å². The number of aliphatic carboxylic acids is 1. The van der Waals surface area contributed by atoms with Gasteiger partial charge < -0.3 is 10.2 Å². The van der Waals surface area contributed by atoms with Crippen molar-refractivity contribution >= 4 is 17.9 Å². The van der Waals surface area contributed by atoms with Gasteiger partial charge in [0.15, 0.2) is 0 Å². The first kappa shape index (κ1) is 23.5. The smallest absolute Gasteiger partial charge is 0.321 e. The van der Waals surface area contributed by atoms with Gasteiger partial charge in [-0.1, -0.05) is 63.6 Å². The molecule has 2 atom stereocenters. The van der Waals surface area contributed by atoms with E-state index in [1.54, 1.807) is 0 Å². The number of hydrogen-bond donors (Lipinski definition) is 3. The fourth-order valence-electron chi connectivity index (χ4n) is 3.19. The Morgan fingerprint density at radius 3 is 2.14 bits per heavy atom. The summed E-state index contributed by atoms with van der Waals surface area (Å²) >= 11 is 1.35. The Bertz CT molecular complexity index is 744. The summed E-state index contributed by atoms with van der Waals surface area (Å²) in [5, 5.41) is 19.6. The fraction of sp³-hybridized carbons (Fsp3) is 0.458. The summed E-state index contributed by atoms with van der Waals surface area (Å²) < 4.78 is 3.03. The van der Waals surface area contributed by atoms with Crippen molar-refractivity contribution in [2.45, 2.75) is 69.9 Å². The van der Waals surface area contributed by atoms with Crippen LogP contribution < -0.4 is 4.72 Å². The number of rotatable bonds is 12. The second-order valence-electron chi connectivity index (χ2n) is 7.82. The summed E-state index contributed by atoms with van der Waals surface area (Å²) in [5.41, 5.74) is 3.53. The van der Waals surface area contributed by atoms with Crippen molar-refractivity contribution in [2.24, 2.45) is 5.92 Å². The van der Waals surface area contributed by atoms with Crippen LogP contribution >= 0.6 is 11.9 Å². The highest BCUT2D eigenvalue weighted by molar-refractivity contribution is 7.97.